The van der Waals surface area contributed by atoms with Crippen molar-refractivity contribution >= 4 is 34.1 Å². The van der Waals surface area contributed by atoms with Crippen molar-refractivity contribution in [3.05, 3.63) is 65.2 Å². The third-order valence-electron chi connectivity index (χ3n) is 5.37. The molecule has 1 saturated heterocycles. The maximum absolute atomic E-state index is 12.8. The van der Waals surface area contributed by atoms with Gasteiger partial charge in [-0.1, -0.05) is 29.7 Å². The predicted molar refractivity (Wildman–Crippen MR) is 116 cm³/mol. The number of aromatic nitrogens is 4. The van der Waals surface area contributed by atoms with Crippen LogP contribution in [0.3, 0.4) is 0 Å². The van der Waals surface area contributed by atoms with Gasteiger partial charge >= 0.3 is 0 Å². The fraction of sp³-hybridized carbons (Fsp3) is 0.227. The third kappa shape index (κ3) is 3.64. The molecule has 2 atom stereocenters. The van der Waals surface area contributed by atoms with Gasteiger partial charge in [0, 0.05) is 30.7 Å². The highest BCUT2D eigenvalue weighted by Crippen LogP contribution is 2.27. The summed E-state index contributed by atoms with van der Waals surface area (Å²) in [5.41, 5.74) is 3.22. The number of aliphatic hydroxyl groups excluding tert-OH is 1. The topological polar surface area (TPSA) is 98.5 Å². The highest BCUT2D eigenvalue weighted by Gasteiger charge is 2.37. The largest absolute Gasteiger partial charge is 0.361 e. The second-order valence-electron chi connectivity index (χ2n) is 7.29. The van der Waals surface area contributed by atoms with Crippen LogP contribution < -0.4 is 5.32 Å². The molecule has 0 bridgehead atoms. The lowest BCUT2D eigenvalue weighted by atomic mass is 10.1. The number of nitrogens with one attached hydrogen (secondary N) is 2. The number of para-hydroxylation sites is 1. The van der Waals surface area contributed by atoms with Gasteiger partial charge in [-0.15, -0.1) is 0 Å². The Labute approximate surface area is 182 Å². The standard InChI is InChI=1S/C22H19ClN6O2/c23-17-7-3-6-16-14(12-25-20(16)17)11-18-21(30)28(22(31)27-18)10-2-1-5-15-13-24-19-8-4-9-26-29(15)19/h3-4,6-9,12-13,18,22,25,27,31H,2,10-11H2. The summed E-state index contributed by atoms with van der Waals surface area (Å²) in [7, 11) is 0. The molecule has 156 valence electrons. The van der Waals surface area contributed by atoms with Crippen LogP contribution in [0.2, 0.25) is 5.02 Å². The van der Waals surface area contributed by atoms with E-state index in [0.717, 1.165) is 22.1 Å². The van der Waals surface area contributed by atoms with Gasteiger partial charge in [0.15, 0.2) is 12.0 Å². The van der Waals surface area contributed by atoms with Gasteiger partial charge in [0.1, 0.15) is 5.69 Å². The highest BCUT2D eigenvalue weighted by atomic mass is 35.5. The molecule has 0 spiro atoms. The summed E-state index contributed by atoms with van der Waals surface area (Å²) in [5, 5.41) is 19.1. The van der Waals surface area contributed by atoms with E-state index in [-0.39, 0.29) is 5.91 Å². The zero-order chi connectivity index (χ0) is 21.4. The number of imidazole rings is 1. The maximum atomic E-state index is 12.8. The van der Waals surface area contributed by atoms with E-state index in [2.05, 4.69) is 32.2 Å². The molecule has 1 amide bonds. The van der Waals surface area contributed by atoms with Crippen LogP contribution >= 0.6 is 11.6 Å². The minimum Gasteiger partial charge on any atom is -0.361 e. The SMILES string of the molecule is O=C1C(Cc2c[nH]c3c(Cl)cccc23)NC(O)N1CCC#Cc1cnc2cccnn12. The first-order valence-corrected chi connectivity index (χ1v) is 10.3. The van der Waals surface area contributed by atoms with E-state index in [1.165, 1.54) is 4.90 Å². The summed E-state index contributed by atoms with van der Waals surface area (Å²) in [6.07, 6.45) is 5.02. The van der Waals surface area contributed by atoms with Gasteiger partial charge in [0.25, 0.3) is 0 Å². The summed E-state index contributed by atoms with van der Waals surface area (Å²) < 4.78 is 1.66. The predicted octanol–water partition coefficient (Wildman–Crippen LogP) is 1.92. The van der Waals surface area contributed by atoms with Gasteiger partial charge in [0.2, 0.25) is 5.91 Å². The molecule has 3 N–H and O–H groups in total. The second-order valence-corrected chi connectivity index (χ2v) is 7.70. The van der Waals surface area contributed by atoms with E-state index >= 15 is 0 Å². The van der Waals surface area contributed by atoms with Gasteiger partial charge in [-0.2, -0.15) is 5.10 Å². The van der Waals surface area contributed by atoms with E-state index in [1.54, 1.807) is 16.9 Å². The molecule has 31 heavy (non-hydrogen) atoms. The monoisotopic (exact) mass is 434 g/mol. The number of H-pyrrole nitrogens is 1. The fourth-order valence-electron chi connectivity index (χ4n) is 3.85. The van der Waals surface area contributed by atoms with Gasteiger partial charge in [-0.05, 0) is 36.1 Å². The number of benzene rings is 1. The quantitative estimate of drug-likeness (QED) is 0.426. The van der Waals surface area contributed by atoms with Crippen LogP contribution in [0.4, 0.5) is 0 Å². The number of aromatic amines is 1. The van der Waals surface area contributed by atoms with Crippen molar-refractivity contribution in [2.24, 2.45) is 0 Å². The van der Waals surface area contributed by atoms with Crippen LogP contribution in [0.1, 0.15) is 17.7 Å². The number of hydrogen-bond donors (Lipinski definition) is 3. The normalized spacial score (nSPS) is 18.6. The zero-order valence-electron chi connectivity index (χ0n) is 16.4. The summed E-state index contributed by atoms with van der Waals surface area (Å²) in [6.45, 7) is 0.320. The molecular weight excluding hydrogens is 416 g/mol. The molecule has 1 fully saturated rings. The number of amides is 1. The second kappa shape index (κ2) is 8.04. The smallest absolute Gasteiger partial charge is 0.243 e. The Kier molecular flexibility index (Phi) is 5.08. The molecule has 1 aliphatic heterocycles. The molecule has 4 aromatic rings. The minimum atomic E-state index is -1.04. The van der Waals surface area contributed by atoms with Gasteiger partial charge in [0.05, 0.1) is 22.8 Å². The Hall–Kier alpha value is -3.38. The number of aliphatic hydroxyl groups is 1. The van der Waals surface area contributed by atoms with Crippen molar-refractivity contribution in [1.29, 1.82) is 0 Å². The van der Waals surface area contributed by atoms with E-state index in [4.69, 9.17) is 11.6 Å². The number of hydrogen-bond acceptors (Lipinski definition) is 5. The molecule has 0 radical (unpaired) electrons. The lowest BCUT2D eigenvalue weighted by molar-refractivity contribution is -0.133. The maximum Gasteiger partial charge on any atom is 0.243 e. The van der Waals surface area contributed by atoms with E-state index in [9.17, 15) is 9.90 Å². The number of carbonyl (C=O) groups is 1. The summed E-state index contributed by atoms with van der Waals surface area (Å²) in [6, 6.07) is 8.82. The molecule has 1 aromatic carbocycles. The van der Waals surface area contributed by atoms with Gasteiger partial charge < -0.3 is 15.0 Å². The van der Waals surface area contributed by atoms with Gasteiger partial charge in [-0.25, -0.2) is 9.50 Å². The van der Waals surface area contributed by atoms with E-state index < -0.39 is 12.4 Å². The molecule has 1 aliphatic rings. The van der Waals surface area contributed by atoms with Crippen molar-refractivity contribution in [2.45, 2.75) is 25.2 Å². The van der Waals surface area contributed by atoms with E-state index in [0.29, 0.717) is 30.1 Å². The van der Waals surface area contributed by atoms with Crippen LogP contribution in [0.25, 0.3) is 16.6 Å². The highest BCUT2D eigenvalue weighted by molar-refractivity contribution is 6.35. The molecule has 4 heterocycles. The summed E-state index contributed by atoms with van der Waals surface area (Å²) >= 11 is 6.22. The fourth-order valence-corrected chi connectivity index (χ4v) is 4.08. The number of halogens is 1. The number of nitrogens with zero attached hydrogens (tertiary/aromatic N) is 4. The van der Waals surface area contributed by atoms with Gasteiger partial charge in [-0.3, -0.25) is 10.1 Å². The molecule has 2 unspecified atom stereocenters. The Morgan fingerprint density at radius 2 is 2.16 bits per heavy atom. The molecule has 9 heteroatoms. The third-order valence-corrected chi connectivity index (χ3v) is 5.69. The van der Waals surface area contributed by atoms with E-state index in [1.807, 2.05) is 36.5 Å². The zero-order valence-corrected chi connectivity index (χ0v) is 17.2. The lowest BCUT2D eigenvalue weighted by Crippen LogP contribution is -2.37. The molecule has 0 aliphatic carbocycles. The van der Waals surface area contributed by atoms with Crippen LogP contribution in [0, 0.1) is 11.8 Å². The first-order valence-electron chi connectivity index (χ1n) is 9.88. The number of carbonyl (C=O) groups excluding carboxylic acids is 1. The molecular formula is C22H19ClN6O2. The van der Waals surface area contributed by atoms with Crippen molar-refractivity contribution in [3.8, 4) is 11.8 Å². The average Bonchev–Trinajstić information content (AvgIpc) is 3.44. The van der Waals surface area contributed by atoms with Crippen molar-refractivity contribution in [1.82, 2.24) is 29.8 Å². The van der Waals surface area contributed by atoms with Crippen molar-refractivity contribution in [2.75, 3.05) is 6.54 Å². The molecule has 0 saturated carbocycles. The van der Waals surface area contributed by atoms with Crippen LogP contribution in [-0.4, -0.2) is 54.4 Å². The minimum absolute atomic E-state index is 0.151. The number of rotatable bonds is 4. The first kappa shape index (κ1) is 19.6. The van der Waals surface area contributed by atoms with Crippen molar-refractivity contribution in [3.63, 3.8) is 0 Å². The summed E-state index contributed by atoms with van der Waals surface area (Å²) in [5.74, 6) is 5.91. The molecule has 3 aromatic heterocycles. The van der Waals surface area contributed by atoms with Crippen LogP contribution in [0.5, 0.6) is 0 Å². The Balaban J connectivity index is 1.24. The van der Waals surface area contributed by atoms with Crippen LogP contribution in [-0.2, 0) is 11.2 Å². The van der Waals surface area contributed by atoms with Crippen LogP contribution in [0.15, 0.2) is 48.9 Å². The molecule has 8 nitrogen and oxygen atoms in total. The first-order chi connectivity index (χ1) is 15.1. The number of fused-ring (bicyclic) bond motifs is 2. The van der Waals surface area contributed by atoms with Crippen molar-refractivity contribution < 1.29 is 9.90 Å². The average molecular weight is 435 g/mol. The molecule has 5 rings (SSSR count). The summed E-state index contributed by atoms with van der Waals surface area (Å²) in [4.78, 5) is 21.7. The lowest BCUT2D eigenvalue weighted by Gasteiger charge is -2.17. The Morgan fingerprint density at radius 3 is 3.06 bits per heavy atom. The Bertz CT molecular complexity index is 1330. The Morgan fingerprint density at radius 1 is 1.26 bits per heavy atom.